The molecule has 2 aromatic carbocycles. The zero-order valence-electron chi connectivity index (χ0n) is 10.7. The minimum Gasteiger partial charge on any atom is -0.496 e. The normalized spacial score (nSPS) is 12.2. The van der Waals surface area contributed by atoms with Gasteiger partial charge in [-0.25, -0.2) is 14.2 Å². The highest BCUT2D eigenvalue weighted by Gasteiger charge is 2.22. The van der Waals surface area contributed by atoms with Gasteiger partial charge in [-0.15, -0.1) is 0 Å². The summed E-state index contributed by atoms with van der Waals surface area (Å²) in [4.78, 5) is 0. The number of rotatable bonds is 4. The van der Waals surface area contributed by atoms with Crippen LogP contribution >= 0.6 is 11.6 Å². The van der Waals surface area contributed by atoms with Gasteiger partial charge in [-0.1, -0.05) is 29.8 Å². The molecule has 0 spiro atoms. The molecule has 0 bridgehead atoms. The van der Waals surface area contributed by atoms with Crippen LogP contribution in [0, 0.1) is 11.6 Å². The highest BCUT2D eigenvalue weighted by molar-refractivity contribution is 6.30. The minimum atomic E-state index is -0.951. The van der Waals surface area contributed by atoms with Gasteiger partial charge < -0.3 is 4.74 Å². The van der Waals surface area contributed by atoms with Crippen molar-refractivity contribution in [2.45, 2.75) is 6.04 Å². The summed E-state index contributed by atoms with van der Waals surface area (Å²) in [7, 11) is 1.46. The zero-order valence-corrected chi connectivity index (χ0v) is 11.4. The molecule has 2 aromatic rings. The Balaban J connectivity index is 2.55. The molecule has 0 saturated heterocycles. The highest BCUT2D eigenvalue weighted by Crippen LogP contribution is 2.33. The average molecular weight is 299 g/mol. The smallest absolute Gasteiger partial charge is 0.163 e. The van der Waals surface area contributed by atoms with Gasteiger partial charge in [0.2, 0.25) is 0 Å². The number of hydrazine groups is 1. The third-order valence-electron chi connectivity index (χ3n) is 2.97. The zero-order chi connectivity index (χ0) is 14.7. The Hall–Kier alpha value is -1.69. The first kappa shape index (κ1) is 14.7. The van der Waals surface area contributed by atoms with Crippen molar-refractivity contribution < 1.29 is 13.5 Å². The van der Waals surface area contributed by atoms with Crippen LogP contribution < -0.4 is 16.0 Å². The molecule has 0 radical (unpaired) electrons. The van der Waals surface area contributed by atoms with Gasteiger partial charge in [-0.3, -0.25) is 5.84 Å². The lowest BCUT2D eigenvalue weighted by molar-refractivity contribution is 0.402. The summed E-state index contributed by atoms with van der Waals surface area (Å²) in [6, 6.07) is 8.02. The summed E-state index contributed by atoms with van der Waals surface area (Å²) >= 11 is 5.88. The summed E-state index contributed by atoms with van der Waals surface area (Å²) in [5.74, 6) is 4.04. The van der Waals surface area contributed by atoms with Crippen LogP contribution in [0.15, 0.2) is 36.4 Å². The van der Waals surface area contributed by atoms with Gasteiger partial charge in [0, 0.05) is 16.1 Å². The second-order valence-electron chi connectivity index (χ2n) is 4.13. The number of nitrogens with one attached hydrogen (secondary N) is 1. The van der Waals surface area contributed by atoms with Crippen LogP contribution in [0.3, 0.4) is 0 Å². The van der Waals surface area contributed by atoms with E-state index >= 15 is 0 Å². The first-order valence-electron chi connectivity index (χ1n) is 5.82. The number of nitrogens with two attached hydrogens (primary N) is 1. The van der Waals surface area contributed by atoms with E-state index in [1.54, 1.807) is 18.2 Å². The molecule has 1 atom stereocenters. The monoisotopic (exact) mass is 298 g/mol. The fourth-order valence-corrected chi connectivity index (χ4v) is 2.18. The first-order chi connectivity index (χ1) is 9.58. The standard InChI is InChI=1S/C14H13ClF2N2O/c1-20-12-7-8(15)5-6-9(12)14(19-18)10-3-2-4-11(16)13(10)17/h2-7,14,19H,18H2,1H3. The van der Waals surface area contributed by atoms with Crippen molar-refractivity contribution in [1.82, 2.24) is 5.43 Å². The van der Waals surface area contributed by atoms with Crippen molar-refractivity contribution >= 4 is 11.6 Å². The second-order valence-corrected chi connectivity index (χ2v) is 4.57. The maximum atomic E-state index is 13.9. The third kappa shape index (κ3) is 2.75. The van der Waals surface area contributed by atoms with Crippen LogP contribution in [0.5, 0.6) is 5.75 Å². The molecule has 0 aromatic heterocycles. The second kappa shape index (κ2) is 6.17. The molecule has 0 heterocycles. The highest BCUT2D eigenvalue weighted by atomic mass is 35.5. The van der Waals surface area contributed by atoms with E-state index in [2.05, 4.69) is 5.43 Å². The van der Waals surface area contributed by atoms with Crippen LogP contribution in [0.2, 0.25) is 5.02 Å². The number of ether oxygens (including phenoxy) is 1. The molecule has 3 N–H and O–H groups in total. The van der Waals surface area contributed by atoms with Gasteiger partial charge in [-0.05, 0) is 18.2 Å². The Kier molecular flexibility index (Phi) is 4.54. The van der Waals surface area contributed by atoms with Crippen molar-refractivity contribution in [3.8, 4) is 5.75 Å². The van der Waals surface area contributed by atoms with Crippen molar-refractivity contribution in [3.63, 3.8) is 0 Å². The van der Waals surface area contributed by atoms with E-state index in [-0.39, 0.29) is 5.56 Å². The predicted octanol–water partition coefficient (Wildman–Crippen LogP) is 3.18. The molecular weight excluding hydrogens is 286 g/mol. The molecule has 0 aliphatic carbocycles. The fourth-order valence-electron chi connectivity index (χ4n) is 2.01. The van der Waals surface area contributed by atoms with Crippen molar-refractivity contribution in [3.05, 3.63) is 64.2 Å². The van der Waals surface area contributed by atoms with Crippen LogP contribution in [0.25, 0.3) is 0 Å². The van der Waals surface area contributed by atoms with Gasteiger partial charge in [0.1, 0.15) is 5.75 Å². The molecule has 2 rings (SSSR count). The van der Waals surface area contributed by atoms with Crippen molar-refractivity contribution in [1.29, 1.82) is 0 Å². The Morgan fingerprint density at radius 2 is 1.95 bits per heavy atom. The fraction of sp³-hybridized carbons (Fsp3) is 0.143. The lowest BCUT2D eigenvalue weighted by Gasteiger charge is -2.20. The summed E-state index contributed by atoms with van der Waals surface area (Å²) in [5.41, 5.74) is 3.12. The Morgan fingerprint density at radius 3 is 2.60 bits per heavy atom. The maximum absolute atomic E-state index is 13.9. The van der Waals surface area contributed by atoms with Crippen LogP contribution in [-0.2, 0) is 0 Å². The molecule has 1 unspecified atom stereocenters. The first-order valence-corrected chi connectivity index (χ1v) is 6.19. The maximum Gasteiger partial charge on any atom is 0.163 e. The lowest BCUT2D eigenvalue weighted by atomic mass is 9.97. The van der Waals surface area contributed by atoms with E-state index in [1.165, 1.54) is 19.2 Å². The summed E-state index contributed by atoms with van der Waals surface area (Å²) in [6.07, 6.45) is 0. The number of halogens is 3. The Morgan fingerprint density at radius 1 is 1.20 bits per heavy atom. The van der Waals surface area contributed by atoms with Gasteiger partial charge in [0.15, 0.2) is 11.6 Å². The van der Waals surface area contributed by atoms with Crippen molar-refractivity contribution in [2.24, 2.45) is 5.84 Å². The third-order valence-corrected chi connectivity index (χ3v) is 3.20. The van der Waals surface area contributed by atoms with E-state index < -0.39 is 17.7 Å². The molecule has 0 fully saturated rings. The molecule has 106 valence electrons. The van der Waals surface area contributed by atoms with Gasteiger partial charge >= 0.3 is 0 Å². The molecule has 0 amide bonds. The number of hydrogen-bond acceptors (Lipinski definition) is 3. The Bertz CT molecular complexity index is 622. The van der Waals surface area contributed by atoms with Crippen LogP contribution in [-0.4, -0.2) is 7.11 Å². The number of methoxy groups -OCH3 is 1. The molecule has 0 aliphatic rings. The van der Waals surface area contributed by atoms with Crippen LogP contribution in [0.1, 0.15) is 17.2 Å². The van der Waals surface area contributed by atoms with Crippen molar-refractivity contribution in [2.75, 3.05) is 7.11 Å². The van der Waals surface area contributed by atoms with E-state index in [0.717, 1.165) is 6.07 Å². The molecule has 6 heteroatoms. The van der Waals surface area contributed by atoms with E-state index in [1.807, 2.05) is 0 Å². The molecule has 20 heavy (non-hydrogen) atoms. The largest absolute Gasteiger partial charge is 0.496 e. The summed E-state index contributed by atoms with van der Waals surface area (Å²) in [5, 5.41) is 0.473. The van der Waals surface area contributed by atoms with Gasteiger partial charge in [-0.2, -0.15) is 0 Å². The average Bonchev–Trinajstić information content (AvgIpc) is 2.45. The quantitative estimate of drug-likeness (QED) is 0.673. The Labute approximate surface area is 120 Å². The van der Waals surface area contributed by atoms with E-state index in [0.29, 0.717) is 16.3 Å². The van der Waals surface area contributed by atoms with E-state index in [4.69, 9.17) is 22.2 Å². The number of benzene rings is 2. The topological polar surface area (TPSA) is 47.3 Å². The predicted molar refractivity (Wildman–Crippen MR) is 73.5 cm³/mol. The molecule has 0 saturated carbocycles. The van der Waals surface area contributed by atoms with Gasteiger partial charge in [0.25, 0.3) is 0 Å². The SMILES string of the molecule is COc1cc(Cl)ccc1C(NN)c1cccc(F)c1F. The van der Waals surface area contributed by atoms with Crippen LogP contribution in [0.4, 0.5) is 8.78 Å². The number of hydrogen-bond donors (Lipinski definition) is 2. The molecular formula is C14H13ClF2N2O. The molecule has 0 aliphatic heterocycles. The van der Waals surface area contributed by atoms with E-state index in [9.17, 15) is 8.78 Å². The lowest BCUT2D eigenvalue weighted by Crippen LogP contribution is -2.30. The summed E-state index contributed by atoms with van der Waals surface area (Å²) in [6.45, 7) is 0. The summed E-state index contributed by atoms with van der Waals surface area (Å²) < 4.78 is 32.4. The molecule has 3 nitrogen and oxygen atoms in total. The van der Waals surface area contributed by atoms with Gasteiger partial charge in [0.05, 0.1) is 13.2 Å². The minimum absolute atomic E-state index is 0.0909.